The summed E-state index contributed by atoms with van der Waals surface area (Å²) in [5, 5.41) is 8.58. The Kier molecular flexibility index (Phi) is 5.67. The van der Waals surface area contributed by atoms with Crippen LogP contribution in [-0.4, -0.2) is 16.9 Å². The number of hydrogen-bond donors (Lipinski definition) is 1. The van der Waals surface area contributed by atoms with E-state index in [2.05, 4.69) is 19.1 Å². The molecule has 2 unspecified atom stereocenters. The lowest BCUT2D eigenvalue weighted by Gasteiger charge is -2.15. The van der Waals surface area contributed by atoms with Crippen molar-refractivity contribution in [1.29, 1.82) is 0 Å². The molecular formula is C14H20O3. The third kappa shape index (κ3) is 4.55. The van der Waals surface area contributed by atoms with E-state index in [1.165, 1.54) is 0 Å². The van der Waals surface area contributed by atoms with Gasteiger partial charge in [0.15, 0.2) is 5.78 Å². The van der Waals surface area contributed by atoms with Crippen LogP contribution in [0.1, 0.15) is 39.0 Å². The summed E-state index contributed by atoms with van der Waals surface area (Å²) in [5.41, 5.74) is 0. The minimum Gasteiger partial charge on any atom is -0.481 e. The highest BCUT2D eigenvalue weighted by molar-refractivity contribution is 5.94. The molecule has 0 fully saturated rings. The van der Waals surface area contributed by atoms with Crippen molar-refractivity contribution in [2.45, 2.75) is 39.0 Å². The van der Waals surface area contributed by atoms with E-state index in [0.717, 1.165) is 19.3 Å². The SMILES string of the molecule is CCC=CCC1C(=O)C=CC1CCCC(=O)O. The molecule has 0 aromatic rings. The highest BCUT2D eigenvalue weighted by atomic mass is 16.4. The van der Waals surface area contributed by atoms with E-state index in [1.807, 2.05) is 6.08 Å². The van der Waals surface area contributed by atoms with Gasteiger partial charge in [-0.2, -0.15) is 0 Å². The summed E-state index contributed by atoms with van der Waals surface area (Å²) in [7, 11) is 0. The molecular weight excluding hydrogens is 216 g/mol. The van der Waals surface area contributed by atoms with Crippen LogP contribution in [0, 0.1) is 11.8 Å². The number of rotatable bonds is 7. The predicted octanol–water partition coefficient (Wildman–Crippen LogP) is 2.97. The van der Waals surface area contributed by atoms with E-state index in [9.17, 15) is 9.59 Å². The number of carbonyl (C=O) groups is 2. The van der Waals surface area contributed by atoms with Gasteiger partial charge in [0.2, 0.25) is 0 Å². The first-order chi connectivity index (χ1) is 8.15. The zero-order chi connectivity index (χ0) is 12.7. The number of allylic oxidation sites excluding steroid dienone is 4. The van der Waals surface area contributed by atoms with Gasteiger partial charge >= 0.3 is 5.97 Å². The first-order valence-electron chi connectivity index (χ1n) is 6.24. The van der Waals surface area contributed by atoms with Gasteiger partial charge in [-0.3, -0.25) is 9.59 Å². The standard InChI is InChI=1S/C14H20O3/c1-2-3-4-7-12-11(9-10-13(12)15)6-5-8-14(16)17/h3-4,9-12H,2,5-8H2,1H3,(H,16,17). The van der Waals surface area contributed by atoms with Gasteiger partial charge in [-0.25, -0.2) is 0 Å². The molecule has 0 saturated carbocycles. The fourth-order valence-corrected chi connectivity index (χ4v) is 2.17. The van der Waals surface area contributed by atoms with Gasteiger partial charge in [-0.05, 0) is 37.7 Å². The lowest BCUT2D eigenvalue weighted by molar-refractivity contribution is -0.137. The van der Waals surface area contributed by atoms with Crippen LogP contribution in [-0.2, 0) is 9.59 Å². The molecule has 1 N–H and O–H groups in total. The van der Waals surface area contributed by atoms with E-state index in [0.29, 0.717) is 6.42 Å². The van der Waals surface area contributed by atoms with E-state index in [-0.39, 0.29) is 24.0 Å². The molecule has 3 nitrogen and oxygen atoms in total. The Balaban J connectivity index is 2.41. The van der Waals surface area contributed by atoms with Gasteiger partial charge < -0.3 is 5.11 Å². The summed E-state index contributed by atoms with van der Waals surface area (Å²) >= 11 is 0. The fraction of sp³-hybridized carbons (Fsp3) is 0.571. The molecule has 1 rings (SSSR count). The minimum absolute atomic E-state index is 0.0339. The summed E-state index contributed by atoms with van der Waals surface area (Å²) in [5.74, 6) is -0.318. The lowest BCUT2D eigenvalue weighted by Crippen LogP contribution is -2.15. The molecule has 0 aliphatic heterocycles. The average Bonchev–Trinajstić information content (AvgIpc) is 2.61. The molecule has 0 aromatic heterocycles. The van der Waals surface area contributed by atoms with Crippen LogP contribution >= 0.6 is 0 Å². The van der Waals surface area contributed by atoms with Crippen molar-refractivity contribution in [3.63, 3.8) is 0 Å². The Morgan fingerprint density at radius 3 is 2.88 bits per heavy atom. The molecule has 94 valence electrons. The first kappa shape index (κ1) is 13.7. The summed E-state index contributed by atoms with van der Waals surface area (Å²) in [6, 6.07) is 0. The van der Waals surface area contributed by atoms with Crippen molar-refractivity contribution in [3.05, 3.63) is 24.3 Å². The molecule has 0 aromatic carbocycles. The highest BCUT2D eigenvalue weighted by Crippen LogP contribution is 2.30. The summed E-state index contributed by atoms with van der Waals surface area (Å²) < 4.78 is 0. The summed E-state index contributed by atoms with van der Waals surface area (Å²) in [4.78, 5) is 22.1. The zero-order valence-electron chi connectivity index (χ0n) is 10.3. The molecule has 1 aliphatic rings. The molecule has 0 spiro atoms. The molecule has 3 heteroatoms. The van der Waals surface area contributed by atoms with Crippen molar-refractivity contribution >= 4 is 11.8 Å². The molecule has 0 radical (unpaired) electrons. The van der Waals surface area contributed by atoms with Crippen LogP contribution in [0.15, 0.2) is 24.3 Å². The lowest BCUT2D eigenvalue weighted by atomic mass is 9.87. The second kappa shape index (κ2) is 7.05. The summed E-state index contributed by atoms with van der Waals surface area (Å²) in [6.45, 7) is 2.07. The maximum atomic E-state index is 11.6. The number of carbonyl (C=O) groups excluding carboxylic acids is 1. The van der Waals surface area contributed by atoms with Crippen LogP contribution in [0.4, 0.5) is 0 Å². The Morgan fingerprint density at radius 2 is 2.24 bits per heavy atom. The van der Waals surface area contributed by atoms with Crippen molar-refractivity contribution in [2.75, 3.05) is 0 Å². The third-order valence-corrected chi connectivity index (χ3v) is 3.11. The van der Waals surface area contributed by atoms with E-state index in [4.69, 9.17) is 5.11 Å². The van der Waals surface area contributed by atoms with Gasteiger partial charge in [-0.15, -0.1) is 0 Å². The van der Waals surface area contributed by atoms with Crippen LogP contribution in [0.25, 0.3) is 0 Å². The monoisotopic (exact) mass is 236 g/mol. The number of ketones is 1. The smallest absolute Gasteiger partial charge is 0.303 e. The van der Waals surface area contributed by atoms with E-state index >= 15 is 0 Å². The number of aliphatic carboxylic acids is 1. The number of carboxylic acids is 1. The van der Waals surface area contributed by atoms with Crippen molar-refractivity contribution < 1.29 is 14.7 Å². The van der Waals surface area contributed by atoms with Crippen LogP contribution < -0.4 is 0 Å². The molecule has 0 saturated heterocycles. The topological polar surface area (TPSA) is 54.4 Å². The first-order valence-corrected chi connectivity index (χ1v) is 6.24. The predicted molar refractivity (Wildman–Crippen MR) is 66.7 cm³/mol. The summed E-state index contributed by atoms with van der Waals surface area (Å²) in [6.07, 6.45) is 11.1. The van der Waals surface area contributed by atoms with Crippen LogP contribution in [0.3, 0.4) is 0 Å². The van der Waals surface area contributed by atoms with Gasteiger partial charge in [-0.1, -0.05) is 25.2 Å². The second-order valence-corrected chi connectivity index (χ2v) is 4.43. The van der Waals surface area contributed by atoms with Gasteiger partial charge in [0.25, 0.3) is 0 Å². The minimum atomic E-state index is -0.763. The fourth-order valence-electron chi connectivity index (χ4n) is 2.17. The number of carboxylic acid groups (broad SMARTS) is 1. The van der Waals surface area contributed by atoms with Gasteiger partial charge in [0.1, 0.15) is 0 Å². The quantitative estimate of drug-likeness (QED) is 0.691. The molecule has 1 aliphatic carbocycles. The maximum Gasteiger partial charge on any atom is 0.303 e. The zero-order valence-corrected chi connectivity index (χ0v) is 10.3. The van der Waals surface area contributed by atoms with Crippen molar-refractivity contribution in [2.24, 2.45) is 11.8 Å². The molecule has 0 bridgehead atoms. The van der Waals surface area contributed by atoms with Gasteiger partial charge in [0.05, 0.1) is 0 Å². The average molecular weight is 236 g/mol. The molecule has 0 amide bonds. The molecule has 0 heterocycles. The largest absolute Gasteiger partial charge is 0.481 e. The highest BCUT2D eigenvalue weighted by Gasteiger charge is 2.28. The Morgan fingerprint density at radius 1 is 1.47 bits per heavy atom. The third-order valence-electron chi connectivity index (χ3n) is 3.11. The Bertz CT molecular complexity index is 328. The maximum absolute atomic E-state index is 11.6. The Hall–Kier alpha value is -1.38. The van der Waals surface area contributed by atoms with E-state index < -0.39 is 5.97 Å². The molecule has 17 heavy (non-hydrogen) atoms. The van der Waals surface area contributed by atoms with Crippen molar-refractivity contribution in [1.82, 2.24) is 0 Å². The molecule has 2 atom stereocenters. The Labute approximate surface area is 102 Å². The van der Waals surface area contributed by atoms with Crippen molar-refractivity contribution in [3.8, 4) is 0 Å². The normalized spacial score (nSPS) is 23.7. The number of hydrogen-bond acceptors (Lipinski definition) is 2. The second-order valence-electron chi connectivity index (χ2n) is 4.43. The van der Waals surface area contributed by atoms with Gasteiger partial charge in [0, 0.05) is 12.3 Å². The van der Waals surface area contributed by atoms with Crippen LogP contribution in [0.5, 0.6) is 0 Å². The van der Waals surface area contributed by atoms with E-state index in [1.54, 1.807) is 6.08 Å². The van der Waals surface area contributed by atoms with Crippen LogP contribution in [0.2, 0.25) is 0 Å².